The van der Waals surface area contributed by atoms with E-state index in [1.165, 1.54) is 0 Å². The maximum Gasteiger partial charge on any atom is 0.161 e. The molecule has 0 aliphatic heterocycles. The lowest BCUT2D eigenvalue weighted by atomic mass is 10.1. The molecule has 0 aliphatic carbocycles. The predicted molar refractivity (Wildman–Crippen MR) is 81.3 cm³/mol. The second-order valence-electron chi connectivity index (χ2n) is 5.65. The first-order valence-corrected chi connectivity index (χ1v) is 6.69. The highest BCUT2D eigenvalue weighted by Crippen LogP contribution is 2.28. The van der Waals surface area contributed by atoms with Crippen LogP contribution in [0.3, 0.4) is 0 Å². The standard InChI is InChI=1S/C16H25NO3/c1-12(2)10-20-15-8-13(6-7-14(15)19-5)9-17-11-16(3,4)18/h6-8,17-18H,1,9-11H2,2-5H3. The molecular weight excluding hydrogens is 254 g/mol. The number of aliphatic hydroxyl groups is 1. The van der Waals surface area contributed by atoms with Gasteiger partial charge in [-0.15, -0.1) is 0 Å². The van der Waals surface area contributed by atoms with Crippen molar-refractivity contribution >= 4 is 0 Å². The van der Waals surface area contributed by atoms with Crippen molar-refractivity contribution in [3.63, 3.8) is 0 Å². The molecule has 4 nitrogen and oxygen atoms in total. The Hall–Kier alpha value is -1.52. The quantitative estimate of drug-likeness (QED) is 0.718. The largest absolute Gasteiger partial charge is 0.493 e. The van der Waals surface area contributed by atoms with Crippen LogP contribution >= 0.6 is 0 Å². The highest BCUT2D eigenvalue weighted by Gasteiger charge is 2.11. The van der Waals surface area contributed by atoms with E-state index in [1.54, 1.807) is 21.0 Å². The summed E-state index contributed by atoms with van der Waals surface area (Å²) in [5.74, 6) is 1.41. The van der Waals surface area contributed by atoms with Crippen molar-refractivity contribution in [3.05, 3.63) is 35.9 Å². The summed E-state index contributed by atoms with van der Waals surface area (Å²) in [5.41, 5.74) is 1.32. The van der Waals surface area contributed by atoms with E-state index >= 15 is 0 Å². The Labute approximate surface area is 121 Å². The van der Waals surface area contributed by atoms with Crippen LogP contribution in [-0.2, 0) is 6.54 Å². The molecule has 0 heterocycles. The smallest absolute Gasteiger partial charge is 0.161 e. The zero-order valence-electron chi connectivity index (χ0n) is 12.8. The van der Waals surface area contributed by atoms with Crippen LogP contribution < -0.4 is 14.8 Å². The van der Waals surface area contributed by atoms with Gasteiger partial charge >= 0.3 is 0 Å². The van der Waals surface area contributed by atoms with Gasteiger partial charge in [0, 0.05) is 13.1 Å². The molecule has 0 fully saturated rings. The van der Waals surface area contributed by atoms with Crippen LogP contribution in [0, 0.1) is 0 Å². The van der Waals surface area contributed by atoms with Crippen LogP contribution in [0.1, 0.15) is 26.3 Å². The summed E-state index contributed by atoms with van der Waals surface area (Å²) < 4.78 is 11.0. The van der Waals surface area contributed by atoms with Gasteiger partial charge in [0.1, 0.15) is 6.61 Å². The number of hydrogen-bond donors (Lipinski definition) is 2. The van der Waals surface area contributed by atoms with Gasteiger partial charge in [0.25, 0.3) is 0 Å². The molecule has 0 aliphatic rings. The lowest BCUT2D eigenvalue weighted by Crippen LogP contribution is -2.34. The SMILES string of the molecule is C=C(C)COc1cc(CNCC(C)(C)O)ccc1OC. The third-order valence-corrected chi connectivity index (χ3v) is 2.59. The molecule has 0 unspecified atom stereocenters. The molecular formula is C16H25NO3. The lowest BCUT2D eigenvalue weighted by molar-refractivity contribution is 0.0795. The first-order chi connectivity index (χ1) is 9.31. The Balaban J connectivity index is 2.68. The van der Waals surface area contributed by atoms with Crippen LogP contribution in [0.2, 0.25) is 0 Å². The van der Waals surface area contributed by atoms with E-state index in [-0.39, 0.29) is 0 Å². The van der Waals surface area contributed by atoms with E-state index in [2.05, 4.69) is 11.9 Å². The van der Waals surface area contributed by atoms with E-state index in [0.717, 1.165) is 11.1 Å². The molecule has 0 spiro atoms. The van der Waals surface area contributed by atoms with Gasteiger partial charge in [-0.05, 0) is 44.0 Å². The van der Waals surface area contributed by atoms with Gasteiger partial charge in [-0.1, -0.05) is 12.6 Å². The molecule has 0 saturated heterocycles. The van der Waals surface area contributed by atoms with E-state index in [0.29, 0.717) is 31.2 Å². The van der Waals surface area contributed by atoms with Crippen LogP contribution in [0.5, 0.6) is 11.5 Å². The maximum absolute atomic E-state index is 9.66. The van der Waals surface area contributed by atoms with E-state index < -0.39 is 5.60 Å². The fourth-order valence-corrected chi connectivity index (χ4v) is 1.66. The molecule has 1 aromatic rings. The minimum absolute atomic E-state index is 0.469. The van der Waals surface area contributed by atoms with Crippen LogP contribution in [0.25, 0.3) is 0 Å². The highest BCUT2D eigenvalue weighted by molar-refractivity contribution is 5.43. The van der Waals surface area contributed by atoms with Gasteiger partial charge < -0.3 is 19.9 Å². The third kappa shape index (κ3) is 6.08. The van der Waals surface area contributed by atoms with Gasteiger partial charge in [-0.25, -0.2) is 0 Å². The minimum Gasteiger partial charge on any atom is -0.493 e. The first-order valence-electron chi connectivity index (χ1n) is 6.69. The fraction of sp³-hybridized carbons (Fsp3) is 0.500. The van der Waals surface area contributed by atoms with E-state index in [4.69, 9.17) is 9.47 Å². The molecule has 1 aromatic carbocycles. The fourth-order valence-electron chi connectivity index (χ4n) is 1.66. The minimum atomic E-state index is -0.717. The molecule has 0 aromatic heterocycles. The predicted octanol–water partition coefficient (Wildman–Crippen LogP) is 2.51. The Bertz CT molecular complexity index is 450. The average Bonchev–Trinajstić information content (AvgIpc) is 2.35. The van der Waals surface area contributed by atoms with E-state index in [9.17, 15) is 5.11 Å². The van der Waals surface area contributed by atoms with Crippen molar-refractivity contribution in [2.24, 2.45) is 0 Å². The van der Waals surface area contributed by atoms with Crippen molar-refractivity contribution in [1.82, 2.24) is 5.32 Å². The van der Waals surface area contributed by atoms with Crippen molar-refractivity contribution < 1.29 is 14.6 Å². The Morgan fingerprint density at radius 2 is 2.05 bits per heavy atom. The Morgan fingerprint density at radius 3 is 2.60 bits per heavy atom. The summed E-state index contributed by atoms with van der Waals surface area (Å²) in [6.07, 6.45) is 0. The second kappa shape index (κ2) is 7.31. The zero-order valence-corrected chi connectivity index (χ0v) is 12.8. The number of methoxy groups -OCH3 is 1. The van der Waals surface area contributed by atoms with Crippen LogP contribution in [0.4, 0.5) is 0 Å². The molecule has 0 radical (unpaired) electrons. The summed E-state index contributed by atoms with van der Waals surface area (Å²) in [6, 6.07) is 5.80. The van der Waals surface area contributed by atoms with Crippen molar-refractivity contribution in [1.29, 1.82) is 0 Å². The van der Waals surface area contributed by atoms with Crippen molar-refractivity contribution in [2.45, 2.75) is 32.9 Å². The van der Waals surface area contributed by atoms with Gasteiger partial charge in [-0.3, -0.25) is 0 Å². The lowest BCUT2D eigenvalue weighted by Gasteiger charge is -2.18. The second-order valence-corrected chi connectivity index (χ2v) is 5.65. The number of nitrogens with one attached hydrogen (secondary N) is 1. The summed E-state index contributed by atoms with van der Waals surface area (Å²) in [4.78, 5) is 0. The van der Waals surface area contributed by atoms with Gasteiger partial charge in [-0.2, -0.15) is 0 Å². The average molecular weight is 279 g/mol. The molecule has 0 amide bonds. The van der Waals surface area contributed by atoms with Crippen LogP contribution in [-0.4, -0.2) is 31.0 Å². The monoisotopic (exact) mass is 279 g/mol. The zero-order chi connectivity index (χ0) is 15.2. The van der Waals surface area contributed by atoms with Gasteiger partial charge in [0.15, 0.2) is 11.5 Å². The first kappa shape index (κ1) is 16.5. The third-order valence-electron chi connectivity index (χ3n) is 2.59. The molecule has 112 valence electrons. The molecule has 20 heavy (non-hydrogen) atoms. The number of ether oxygens (including phenoxy) is 2. The summed E-state index contributed by atoms with van der Waals surface area (Å²) >= 11 is 0. The molecule has 0 atom stereocenters. The van der Waals surface area contributed by atoms with Crippen LogP contribution in [0.15, 0.2) is 30.4 Å². The summed E-state index contributed by atoms with van der Waals surface area (Å²) in [5, 5.41) is 12.9. The Kier molecular flexibility index (Phi) is 6.05. The molecule has 4 heteroatoms. The normalized spacial score (nSPS) is 11.2. The van der Waals surface area contributed by atoms with Gasteiger partial charge in [0.2, 0.25) is 0 Å². The maximum atomic E-state index is 9.66. The van der Waals surface area contributed by atoms with Gasteiger partial charge in [0.05, 0.1) is 12.7 Å². The van der Waals surface area contributed by atoms with Crippen molar-refractivity contribution in [3.8, 4) is 11.5 Å². The molecule has 0 saturated carbocycles. The molecule has 0 bridgehead atoms. The highest BCUT2D eigenvalue weighted by atomic mass is 16.5. The molecule has 1 rings (SSSR count). The number of rotatable bonds is 8. The number of hydrogen-bond acceptors (Lipinski definition) is 4. The number of benzene rings is 1. The summed E-state index contributed by atoms with van der Waals surface area (Å²) in [7, 11) is 1.62. The Morgan fingerprint density at radius 1 is 1.35 bits per heavy atom. The molecule has 2 N–H and O–H groups in total. The van der Waals surface area contributed by atoms with E-state index in [1.807, 2.05) is 25.1 Å². The van der Waals surface area contributed by atoms with Crippen molar-refractivity contribution in [2.75, 3.05) is 20.3 Å². The topological polar surface area (TPSA) is 50.7 Å². The summed E-state index contributed by atoms with van der Waals surface area (Å²) in [6.45, 7) is 10.9.